The van der Waals surface area contributed by atoms with Crippen molar-refractivity contribution in [2.75, 3.05) is 0 Å². The lowest BCUT2D eigenvalue weighted by Gasteiger charge is -1.97. The van der Waals surface area contributed by atoms with Gasteiger partial charge in [-0.2, -0.15) is 0 Å². The Balaban J connectivity index is 0.000000293. The van der Waals surface area contributed by atoms with Gasteiger partial charge in [0.15, 0.2) is 0 Å². The van der Waals surface area contributed by atoms with Crippen molar-refractivity contribution in [3.8, 4) is 5.75 Å². The Morgan fingerprint density at radius 3 is 2.00 bits per heavy atom. The van der Waals surface area contributed by atoms with Crippen molar-refractivity contribution in [1.82, 2.24) is 9.55 Å². The molecule has 2 rings (SSSR count). The first-order valence-corrected chi connectivity index (χ1v) is 7.03. The van der Waals surface area contributed by atoms with Gasteiger partial charge in [-0.1, -0.05) is 13.3 Å². The first-order chi connectivity index (χ1) is 11.8. The van der Waals surface area contributed by atoms with E-state index in [1.54, 1.807) is 0 Å². The number of hydrogen-bond acceptors (Lipinski definition) is 8. The molecule has 0 aliphatic rings. The van der Waals surface area contributed by atoms with Gasteiger partial charge in [0, 0.05) is 18.9 Å². The summed E-state index contributed by atoms with van der Waals surface area (Å²) in [5, 5.41) is 40.2. The van der Waals surface area contributed by atoms with Crippen molar-refractivity contribution >= 4 is 17.1 Å². The molecule has 1 aromatic heterocycles. The number of imidazole rings is 1. The molecule has 0 fully saturated rings. The fourth-order valence-corrected chi connectivity index (χ4v) is 1.73. The van der Waals surface area contributed by atoms with Crippen LogP contribution in [0.1, 0.15) is 19.8 Å². The molecule has 0 radical (unpaired) electrons. The van der Waals surface area contributed by atoms with Gasteiger partial charge in [-0.05, 0) is 6.42 Å². The molecule has 0 atom stereocenters. The zero-order valence-corrected chi connectivity index (χ0v) is 13.1. The number of nitrogens with zero attached hydrogens (tertiary/aromatic N) is 5. The molecular formula is C13H15N5O7. The molecule has 1 aromatic carbocycles. The second-order valence-corrected chi connectivity index (χ2v) is 4.76. The molecule has 0 bridgehead atoms. The second kappa shape index (κ2) is 8.90. The van der Waals surface area contributed by atoms with Crippen LogP contribution in [0.3, 0.4) is 0 Å². The van der Waals surface area contributed by atoms with E-state index in [0.717, 1.165) is 6.54 Å². The lowest BCUT2D eigenvalue weighted by atomic mass is 10.2. The minimum Gasteiger partial charge on any atom is -0.497 e. The highest BCUT2D eigenvalue weighted by molar-refractivity contribution is 5.64. The predicted molar refractivity (Wildman–Crippen MR) is 85.2 cm³/mol. The number of aryl methyl sites for hydroxylation is 1. The van der Waals surface area contributed by atoms with Crippen LogP contribution in [-0.2, 0) is 6.54 Å². The first-order valence-electron chi connectivity index (χ1n) is 7.03. The third kappa shape index (κ3) is 5.53. The molecule has 0 saturated heterocycles. The number of nitro benzene ring substituents is 3. The average Bonchev–Trinajstić information content (AvgIpc) is 3.06. The molecule has 0 saturated carbocycles. The van der Waals surface area contributed by atoms with Gasteiger partial charge >= 0.3 is 11.4 Å². The maximum Gasteiger partial charge on any atom is 0.324 e. The van der Waals surface area contributed by atoms with Crippen LogP contribution in [0.5, 0.6) is 5.75 Å². The normalized spacial score (nSPS) is 9.80. The molecule has 0 unspecified atom stereocenters. The van der Waals surface area contributed by atoms with Crippen LogP contribution in [0.15, 0.2) is 30.9 Å². The Bertz CT molecular complexity index is 725. The smallest absolute Gasteiger partial charge is 0.324 e. The van der Waals surface area contributed by atoms with Crippen LogP contribution >= 0.6 is 0 Å². The van der Waals surface area contributed by atoms with Crippen LogP contribution in [0.4, 0.5) is 17.1 Å². The third-order valence-corrected chi connectivity index (χ3v) is 2.99. The number of hydrogen-bond donors (Lipinski definition) is 1. The largest absolute Gasteiger partial charge is 0.497 e. The summed E-state index contributed by atoms with van der Waals surface area (Å²) < 4.78 is 2.10. The van der Waals surface area contributed by atoms with E-state index in [2.05, 4.69) is 16.5 Å². The van der Waals surface area contributed by atoms with E-state index in [9.17, 15) is 30.3 Å². The fraction of sp³-hybridized carbons (Fsp3) is 0.308. The number of phenols is 1. The molecule has 0 aliphatic carbocycles. The van der Waals surface area contributed by atoms with Crippen molar-refractivity contribution in [3.63, 3.8) is 0 Å². The van der Waals surface area contributed by atoms with Gasteiger partial charge in [-0.25, -0.2) is 4.98 Å². The summed E-state index contributed by atoms with van der Waals surface area (Å²) in [4.78, 5) is 31.7. The molecule has 1 heterocycles. The molecule has 134 valence electrons. The summed E-state index contributed by atoms with van der Waals surface area (Å²) in [6, 6.07) is 0.894. The number of phenolic OH excluding ortho intramolecular Hbond substituents is 1. The summed E-state index contributed by atoms with van der Waals surface area (Å²) in [6.07, 6.45) is 8.16. The van der Waals surface area contributed by atoms with Crippen LogP contribution in [0.25, 0.3) is 0 Å². The van der Waals surface area contributed by atoms with Crippen molar-refractivity contribution in [2.24, 2.45) is 0 Å². The molecule has 25 heavy (non-hydrogen) atoms. The summed E-state index contributed by atoms with van der Waals surface area (Å²) in [5.74, 6) is -1.21. The number of rotatable bonds is 6. The molecule has 12 nitrogen and oxygen atoms in total. The van der Waals surface area contributed by atoms with Gasteiger partial charge in [-0.3, -0.25) is 30.3 Å². The number of unbranched alkanes of at least 4 members (excludes halogenated alkanes) is 1. The topological polar surface area (TPSA) is 167 Å². The zero-order chi connectivity index (χ0) is 19.0. The van der Waals surface area contributed by atoms with Gasteiger partial charge in [0.25, 0.3) is 11.4 Å². The summed E-state index contributed by atoms with van der Waals surface area (Å²) in [5.41, 5.74) is -3.00. The Kier molecular flexibility index (Phi) is 6.94. The number of aromatic hydroxyl groups is 1. The molecule has 0 amide bonds. The van der Waals surface area contributed by atoms with Crippen molar-refractivity contribution in [2.45, 2.75) is 26.3 Å². The fourth-order valence-electron chi connectivity index (χ4n) is 1.73. The number of benzene rings is 1. The zero-order valence-electron chi connectivity index (χ0n) is 13.1. The molecule has 2 aromatic rings. The minimum atomic E-state index is -1.21. The quantitative estimate of drug-likeness (QED) is 0.610. The molecule has 0 spiro atoms. The summed E-state index contributed by atoms with van der Waals surface area (Å²) >= 11 is 0. The first kappa shape index (κ1) is 19.5. The lowest BCUT2D eigenvalue weighted by Crippen LogP contribution is -1.97. The SMILES string of the molecule is CCCCn1ccnc1.O=[N+]([O-])c1cc([N+](=O)[O-])c(O)c([N+](=O)[O-])c1. The number of aromatic nitrogens is 2. The van der Waals surface area contributed by atoms with Gasteiger partial charge < -0.3 is 9.67 Å². The van der Waals surface area contributed by atoms with E-state index >= 15 is 0 Å². The number of nitro groups is 3. The highest BCUT2D eigenvalue weighted by atomic mass is 16.6. The van der Waals surface area contributed by atoms with Gasteiger partial charge in [0.1, 0.15) is 0 Å². The predicted octanol–water partition coefficient (Wildman–Crippen LogP) is 2.80. The van der Waals surface area contributed by atoms with Crippen LogP contribution < -0.4 is 0 Å². The number of non-ortho nitro benzene ring substituents is 1. The van der Waals surface area contributed by atoms with Crippen LogP contribution in [0, 0.1) is 30.3 Å². The van der Waals surface area contributed by atoms with Gasteiger partial charge in [-0.15, -0.1) is 0 Å². The van der Waals surface area contributed by atoms with Gasteiger partial charge in [0.05, 0.1) is 33.2 Å². The maximum absolute atomic E-state index is 10.4. The lowest BCUT2D eigenvalue weighted by molar-refractivity contribution is -0.404. The maximum atomic E-state index is 10.4. The van der Waals surface area contributed by atoms with Crippen molar-refractivity contribution in [3.05, 3.63) is 61.2 Å². The monoisotopic (exact) mass is 353 g/mol. The third-order valence-electron chi connectivity index (χ3n) is 2.99. The Morgan fingerprint density at radius 2 is 1.64 bits per heavy atom. The highest BCUT2D eigenvalue weighted by Gasteiger charge is 2.30. The summed E-state index contributed by atoms with van der Waals surface area (Å²) in [6.45, 7) is 3.30. The minimum absolute atomic E-state index is 0.447. The van der Waals surface area contributed by atoms with Crippen molar-refractivity contribution < 1.29 is 19.9 Å². The Hall–Kier alpha value is -3.57. The average molecular weight is 353 g/mol. The van der Waals surface area contributed by atoms with Crippen LogP contribution in [-0.4, -0.2) is 29.4 Å². The van der Waals surface area contributed by atoms with E-state index in [4.69, 9.17) is 5.11 Å². The van der Waals surface area contributed by atoms with E-state index in [1.165, 1.54) is 12.8 Å². The Labute approximate surface area is 140 Å². The van der Waals surface area contributed by atoms with Crippen LogP contribution in [0.2, 0.25) is 0 Å². The Morgan fingerprint density at radius 1 is 1.08 bits per heavy atom. The van der Waals surface area contributed by atoms with E-state index in [0.29, 0.717) is 12.1 Å². The molecule has 1 N–H and O–H groups in total. The second-order valence-electron chi connectivity index (χ2n) is 4.76. The van der Waals surface area contributed by atoms with Crippen molar-refractivity contribution in [1.29, 1.82) is 0 Å². The van der Waals surface area contributed by atoms with E-state index < -0.39 is 37.6 Å². The molecular weight excluding hydrogens is 338 g/mol. The van der Waals surface area contributed by atoms with E-state index in [-0.39, 0.29) is 0 Å². The molecule has 0 aliphatic heterocycles. The standard InChI is InChI=1S/C7H12N2.C6H3N3O7/c1-2-3-5-9-6-4-8-7-9;10-6-4(8(13)14)1-3(7(11)12)2-5(6)9(15)16/h4,6-7H,2-3,5H2,1H3;1-2,10H. The van der Waals surface area contributed by atoms with Gasteiger partial charge in [0.2, 0.25) is 0 Å². The highest BCUT2D eigenvalue weighted by Crippen LogP contribution is 2.38. The molecule has 12 heteroatoms. The van der Waals surface area contributed by atoms with E-state index in [1.807, 2.05) is 18.7 Å². The summed E-state index contributed by atoms with van der Waals surface area (Å²) in [7, 11) is 0.